The van der Waals surface area contributed by atoms with Gasteiger partial charge < -0.3 is 25.2 Å². The van der Waals surface area contributed by atoms with Gasteiger partial charge >= 0.3 is 12.0 Å². The van der Waals surface area contributed by atoms with Crippen LogP contribution in [0.3, 0.4) is 0 Å². The maximum absolute atomic E-state index is 12.0. The highest BCUT2D eigenvalue weighted by atomic mass is 16.5. The number of rotatable bonds is 5. The highest BCUT2D eigenvalue weighted by molar-refractivity contribution is 5.77. The number of carboxylic acid groups (broad SMARTS) is 1. The summed E-state index contributed by atoms with van der Waals surface area (Å²) in [6, 6.07) is -0.960. The summed E-state index contributed by atoms with van der Waals surface area (Å²) in [4.78, 5) is 24.3. The first-order chi connectivity index (χ1) is 8.47. The van der Waals surface area contributed by atoms with E-state index >= 15 is 0 Å². The van der Waals surface area contributed by atoms with Crippen LogP contribution in [0.4, 0.5) is 4.79 Å². The predicted octanol–water partition coefficient (Wildman–Crippen LogP) is -0.502. The van der Waals surface area contributed by atoms with Crippen molar-refractivity contribution in [1.29, 1.82) is 0 Å². The van der Waals surface area contributed by atoms with E-state index in [1.807, 2.05) is 13.8 Å². The molecular formula is C11H20N2O5. The number of aliphatic hydroxyl groups excluding tert-OH is 1. The number of amides is 2. The maximum atomic E-state index is 12.0. The minimum absolute atomic E-state index is 0.0669. The monoisotopic (exact) mass is 260 g/mol. The van der Waals surface area contributed by atoms with Gasteiger partial charge in [0.15, 0.2) is 0 Å². The van der Waals surface area contributed by atoms with Crippen molar-refractivity contribution in [2.75, 3.05) is 26.4 Å². The molecule has 3 N–H and O–H groups in total. The van der Waals surface area contributed by atoms with Crippen molar-refractivity contribution in [2.24, 2.45) is 5.92 Å². The quantitative estimate of drug-likeness (QED) is 0.619. The van der Waals surface area contributed by atoms with Gasteiger partial charge in [0.05, 0.1) is 25.9 Å². The smallest absolute Gasteiger partial charge is 0.318 e. The van der Waals surface area contributed by atoms with Gasteiger partial charge in [0.1, 0.15) is 5.92 Å². The molecule has 0 aliphatic carbocycles. The number of hydrogen-bond donors (Lipinski definition) is 3. The number of urea groups is 1. The summed E-state index contributed by atoms with van der Waals surface area (Å²) >= 11 is 0. The molecule has 7 heteroatoms. The lowest BCUT2D eigenvalue weighted by molar-refractivity contribution is -0.142. The average Bonchev–Trinajstić information content (AvgIpc) is 2.73. The topological polar surface area (TPSA) is 99.1 Å². The fourth-order valence-corrected chi connectivity index (χ4v) is 1.88. The molecule has 1 aliphatic heterocycles. The summed E-state index contributed by atoms with van der Waals surface area (Å²) < 4.78 is 5.07. The first-order valence-corrected chi connectivity index (χ1v) is 5.96. The van der Waals surface area contributed by atoms with Gasteiger partial charge in [-0.1, -0.05) is 0 Å². The van der Waals surface area contributed by atoms with E-state index < -0.39 is 17.9 Å². The molecule has 1 rings (SSSR count). The van der Waals surface area contributed by atoms with Gasteiger partial charge in [-0.25, -0.2) is 4.79 Å². The number of nitrogens with zero attached hydrogens (tertiary/aromatic N) is 1. The summed E-state index contributed by atoms with van der Waals surface area (Å²) in [6.45, 7) is 4.06. The number of nitrogens with one attached hydrogen (secondary N) is 1. The Labute approximate surface area is 106 Å². The molecule has 1 heterocycles. The van der Waals surface area contributed by atoms with Gasteiger partial charge in [0.2, 0.25) is 0 Å². The van der Waals surface area contributed by atoms with E-state index in [1.165, 1.54) is 4.90 Å². The van der Waals surface area contributed by atoms with Crippen molar-refractivity contribution in [3.8, 4) is 0 Å². The van der Waals surface area contributed by atoms with Gasteiger partial charge in [-0.2, -0.15) is 0 Å². The molecule has 1 saturated heterocycles. The average molecular weight is 260 g/mol. The van der Waals surface area contributed by atoms with E-state index in [4.69, 9.17) is 14.9 Å². The summed E-state index contributed by atoms with van der Waals surface area (Å²) in [6.07, 6.45) is 0. The van der Waals surface area contributed by atoms with E-state index in [0.29, 0.717) is 0 Å². The third-order valence-corrected chi connectivity index (χ3v) is 2.93. The zero-order chi connectivity index (χ0) is 13.7. The molecule has 104 valence electrons. The highest BCUT2D eigenvalue weighted by Crippen LogP contribution is 2.14. The van der Waals surface area contributed by atoms with Crippen LogP contribution in [0.5, 0.6) is 0 Å². The van der Waals surface area contributed by atoms with E-state index in [-0.39, 0.29) is 38.4 Å². The first kappa shape index (κ1) is 14.7. The number of carbonyl (C=O) groups is 2. The molecule has 2 unspecified atom stereocenters. The van der Waals surface area contributed by atoms with Crippen LogP contribution < -0.4 is 5.32 Å². The van der Waals surface area contributed by atoms with Crippen molar-refractivity contribution in [3.63, 3.8) is 0 Å². The van der Waals surface area contributed by atoms with Crippen LogP contribution in [0, 0.1) is 5.92 Å². The van der Waals surface area contributed by atoms with Crippen molar-refractivity contribution in [1.82, 2.24) is 10.2 Å². The molecule has 18 heavy (non-hydrogen) atoms. The van der Waals surface area contributed by atoms with Crippen LogP contribution in [0.25, 0.3) is 0 Å². The zero-order valence-electron chi connectivity index (χ0n) is 10.6. The number of hydrogen-bond acceptors (Lipinski definition) is 4. The second kappa shape index (κ2) is 6.55. The Morgan fingerprint density at radius 1 is 1.44 bits per heavy atom. The summed E-state index contributed by atoms with van der Waals surface area (Å²) in [7, 11) is 0. The van der Waals surface area contributed by atoms with Crippen molar-refractivity contribution >= 4 is 12.0 Å². The molecule has 7 nitrogen and oxygen atoms in total. The Morgan fingerprint density at radius 3 is 2.61 bits per heavy atom. The Balaban J connectivity index is 2.59. The molecule has 0 bridgehead atoms. The molecule has 1 aliphatic rings. The Hall–Kier alpha value is -1.34. The van der Waals surface area contributed by atoms with Crippen molar-refractivity contribution < 1.29 is 24.5 Å². The van der Waals surface area contributed by atoms with Gasteiger partial charge in [-0.05, 0) is 13.8 Å². The van der Waals surface area contributed by atoms with E-state index in [2.05, 4.69) is 5.32 Å². The van der Waals surface area contributed by atoms with Gasteiger partial charge in [-0.15, -0.1) is 0 Å². The number of aliphatic hydroxyl groups is 1. The molecule has 0 radical (unpaired) electrons. The Morgan fingerprint density at radius 2 is 2.11 bits per heavy atom. The second-order valence-corrected chi connectivity index (χ2v) is 4.55. The standard InChI is InChI=1S/C11H20N2O5/c1-7(2)13(3-4-14)11(17)12-9-6-18-5-8(9)10(15)16/h7-9,14H,3-6H2,1-2H3,(H,12,17)(H,15,16). The van der Waals surface area contributed by atoms with Crippen LogP contribution >= 0.6 is 0 Å². The second-order valence-electron chi connectivity index (χ2n) is 4.55. The molecule has 1 fully saturated rings. The van der Waals surface area contributed by atoms with E-state index in [9.17, 15) is 9.59 Å². The Bertz CT molecular complexity index is 308. The van der Waals surface area contributed by atoms with Crippen LogP contribution in [0.1, 0.15) is 13.8 Å². The van der Waals surface area contributed by atoms with Crippen LogP contribution in [-0.2, 0) is 9.53 Å². The fourth-order valence-electron chi connectivity index (χ4n) is 1.88. The molecule has 0 aromatic carbocycles. The van der Waals surface area contributed by atoms with Crippen molar-refractivity contribution in [2.45, 2.75) is 25.9 Å². The van der Waals surface area contributed by atoms with E-state index in [0.717, 1.165) is 0 Å². The minimum atomic E-state index is -0.976. The molecule has 0 aromatic heterocycles. The Kier molecular flexibility index (Phi) is 5.36. The van der Waals surface area contributed by atoms with Crippen LogP contribution in [-0.4, -0.2) is 65.6 Å². The SMILES string of the molecule is CC(C)N(CCO)C(=O)NC1COCC1C(=O)O. The first-order valence-electron chi connectivity index (χ1n) is 5.96. The predicted molar refractivity (Wildman–Crippen MR) is 63.2 cm³/mol. The third kappa shape index (κ3) is 3.58. The summed E-state index contributed by atoms with van der Waals surface area (Å²) in [5.74, 6) is -1.69. The summed E-state index contributed by atoms with van der Waals surface area (Å²) in [5, 5.41) is 20.5. The number of carbonyl (C=O) groups excluding carboxylic acids is 1. The van der Waals surface area contributed by atoms with Crippen LogP contribution in [0.2, 0.25) is 0 Å². The molecule has 0 saturated carbocycles. The van der Waals surface area contributed by atoms with Gasteiger partial charge in [-0.3, -0.25) is 4.79 Å². The van der Waals surface area contributed by atoms with Crippen LogP contribution in [0.15, 0.2) is 0 Å². The number of carboxylic acids is 1. The lowest BCUT2D eigenvalue weighted by Gasteiger charge is -2.28. The van der Waals surface area contributed by atoms with Crippen molar-refractivity contribution in [3.05, 3.63) is 0 Å². The largest absolute Gasteiger partial charge is 0.481 e. The fraction of sp³-hybridized carbons (Fsp3) is 0.818. The molecule has 0 spiro atoms. The number of ether oxygens (including phenoxy) is 1. The highest BCUT2D eigenvalue weighted by Gasteiger charge is 2.36. The lowest BCUT2D eigenvalue weighted by Crippen LogP contribution is -2.51. The zero-order valence-corrected chi connectivity index (χ0v) is 10.6. The number of aliphatic carboxylic acids is 1. The molecule has 2 amide bonds. The molecule has 0 aromatic rings. The van der Waals surface area contributed by atoms with Gasteiger partial charge in [0.25, 0.3) is 0 Å². The third-order valence-electron chi connectivity index (χ3n) is 2.93. The van der Waals surface area contributed by atoms with E-state index in [1.54, 1.807) is 0 Å². The van der Waals surface area contributed by atoms with Gasteiger partial charge in [0, 0.05) is 12.6 Å². The molecule has 2 atom stereocenters. The minimum Gasteiger partial charge on any atom is -0.481 e. The molecular weight excluding hydrogens is 240 g/mol. The maximum Gasteiger partial charge on any atom is 0.318 e. The lowest BCUT2D eigenvalue weighted by atomic mass is 10.0. The normalized spacial score (nSPS) is 23.1. The summed E-state index contributed by atoms with van der Waals surface area (Å²) in [5.41, 5.74) is 0.